The maximum Gasteiger partial charge on any atom is 0.338 e. The number of hydrogen-bond donors (Lipinski definition) is 0. The zero-order valence-corrected chi connectivity index (χ0v) is 19.2. The molecule has 8 heteroatoms. The summed E-state index contributed by atoms with van der Waals surface area (Å²) in [6.07, 6.45) is 0. The Balaban J connectivity index is 2.29. The van der Waals surface area contributed by atoms with Gasteiger partial charge in [0.25, 0.3) is 0 Å². The molecule has 0 fully saturated rings. The van der Waals surface area contributed by atoms with Crippen LogP contribution in [0.2, 0.25) is 0 Å². The number of benzene rings is 2. The monoisotopic (exact) mass is 468 g/mol. The largest absolute Gasteiger partial charge is 0.486 e. The lowest BCUT2D eigenvalue weighted by molar-refractivity contribution is -0.139. The van der Waals surface area contributed by atoms with E-state index in [1.807, 2.05) is 0 Å². The third-order valence-corrected chi connectivity index (χ3v) is 4.23. The SMILES string of the molecule is C=C(C)C(=O)OCCOc1cc(-c2ccc(OC(=O)C(=C)C)c(F)c2)ccc1OC(=O)C(=C)C. The molecule has 7 nitrogen and oxygen atoms in total. The summed E-state index contributed by atoms with van der Waals surface area (Å²) in [4.78, 5) is 35.1. The summed E-state index contributed by atoms with van der Waals surface area (Å²) in [5.74, 6) is -2.67. The summed E-state index contributed by atoms with van der Waals surface area (Å²) >= 11 is 0. The summed E-state index contributed by atoms with van der Waals surface area (Å²) in [5, 5.41) is 0. The van der Waals surface area contributed by atoms with E-state index in [1.165, 1.54) is 45.0 Å². The summed E-state index contributed by atoms with van der Waals surface area (Å²) in [6.45, 7) is 14.9. The summed E-state index contributed by atoms with van der Waals surface area (Å²) in [6, 6.07) is 8.68. The smallest absolute Gasteiger partial charge is 0.338 e. The fourth-order valence-electron chi connectivity index (χ4n) is 2.43. The van der Waals surface area contributed by atoms with Gasteiger partial charge in [-0.25, -0.2) is 18.8 Å². The highest BCUT2D eigenvalue weighted by Crippen LogP contribution is 2.34. The molecule has 0 atom stereocenters. The Kier molecular flexibility index (Phi) is 8.89. The van der Waals surface area contributed by atoms with Gasteiger partial charge in [0.15, 0.2) is 23.1 Å². The van der Waals surface area contributed by atoms with Gasteiger partial charge in [-0.05, 0) is 56.2 Å². The second-order valence-corrected chi connectivity index (χ2v) is 7.41. The van der Waals surface area contributed by atoms with E-state index in [2.05, 4.69) is 19.7 Å². The maximum atomic E-state index is 14.5. The van der Waals surface area contributed by atoms with Crippen molar-refractivity contribution in [3.8, 4) is 28.4 Å². The van der Waals surface area contributed by atoms with Crippen LogP contribution in [0.5, 0.6) is 17.2 Å². The number of carbonyl (C=O) groups excluding carboxylic acids is 3. The van der Waals surface area contributed by atoms with Crippen LogP contribution in [0.3, 0.4) is 0 Å². The van der Waals surface area contributed by atoms with Crippen molar-refractivity contribution in [2.24, 2.45) is 0 Å². The Morgan fingerprint density at radius 3 is 1.74 bits per heavy atom. The van der Waals surface area contributed by atoms with Gasteiger partial charge >= 0.3 is 17.9 Å². The standard InChI is InChI=1S/C26H25FO7/c1-15(2)24(28)32-12-11-31-23-14-19(8-10-22(23)34-26(30)17(5)6)18-7-9-21(20(27)13-18)33-25(29)16(3)4/h7-10,13-14H,1,3,5,11-12H2,2,4,6H3. The molecule has 2 aromatic rings. The highest BCUT2D eigenvalue weighted by Gasteiger charge is 2.16. The van der Waals surface area contributed by atoms with Crippen molar-refractivity contribution < 1.29 is 37.7 Å². The molecule has 0 aliphatic carbocycles. The molecule has 0 bridgehead atoms. The molecule has 0 aliphatic rings. The Morgan fingerprint density at radius 1 is 0.706 bits per heavy atom. The van der Waals surface area contributed by atoms with Crippen molar-refractivity contribution in [3.05, 3.63) is 78.7 Å². The fraction of sp³-hybridized carbons (Fsp3) is 0.192. The average Bonchev–Trinajstić information content (AvgIpc) is 2.78. The lowest BCUT2D eigenvalue weighted by atomic mass is 10.0. The summed E-state index contributed by atoms with van der Waals surface area (Å²) < 4.78 is 35.4. The van der Waals surface area contributed by atoms with Crippen molar-refractivity contribution in [1.29, 1.82) is 0 Å². The van der Waals surface area contributed by atoms with Crippen LogP contribution in [0.15, 0.2) is 72.9 Å². The summed E-state index contributed by atoms with van der Waals surface area (Å²) in [5.41, 5.74) is 1.55. The highest BCUT2D eigenvalue weighted by molar-refractivity contribution is 5.90. The molecule has 2 rings (SSSR count). The minimum atomic E-state index is -0.751. The minimum Gasteiger partial charge on any atom is -0.486 e. The summed E-state index contributed by atoms with van der Waals surface area (Å²) in [7, 11) is 0. The number of carbonyl (C=O) groups is 3. The number of ether oxygens (including phenoxy) is 4. The number of halogens is 1. The molecular formula is C26H25FO7. The van der Waals surface area contributed by atoms with Gasteiger partial charge in [0.2, 0.25) is 0 Å². The van der Waals surface area contributed by atoms with E-state index in [0.29, 0.717) is 11.1 Å². The van der Waals surface area contributed by atoms with E-state index in [-0.39, 0.29) is 47.2 Å². The van der Waals surface area contributed by atoms with Crippen molar-refractivity contribution in [2.75, 3.05) is 13.2 Å². The van der Waals surface area contributed by atoms with Crippen molar-refractivity contribution in [3.63, 3.8) is 0 Å². The van der Waals surface area contributed by atoms with Gasteiger partial charge in [0, 0.05) is 16.7 Å². The Labute approximate surface area is 197 Å². The molecule has 0 heterocycles. The third kappa shape index (κ3) is 7.16. The molecule has 34 heavy (non-hydrogen) atoms. The predicted molar refractivity (Wildman–Crippen MR) is 124 cm³/mol. The van der Waals surface area contributed by atoms with Crippen LogP contribution in [0.25, 0.3) is 11.1 Å². The first-order valence-electron chi connectivity index (χ1n) is 10.1. The van der Waals surface area contributed by atoms with Crippen LogP contribution >= 0.6 is 0 Å². The van der Waals surface area contributed by atoms with Crippen molar-refractivity contribution in [1.82, 2.24) is 0 Å². The molecule has 0 N–H and O–H groups in total. The van der Waals surface area contributed by atoms with Crippen molar-refractivity contribution in [2.45, 2.75) is 20.8 Å². The van der Waals surface area contributed by atoms with Gasteiger partial charge in [-0.1, -0.05) is 31.9 Å². The molecule has 0 spiro atoms. The zero-order chi connectivity index (χ0) is 25.4. The van der Waals surface area contributed by atoms with Crippen molar-refractivity contribution >= 4 is 17.9 Å². The van der Waals surface area contributed by atoms with E-state index >= 15 is 0 Å². The molecular weight excluding hydrogens is 443 g/mol. The highest BCUT2D eigenvalue weighted by atomic mass is 19.1. The first-order chi connectivity index (χ1) is 16.0. The molecule has 2 aromatic carbocycles. The number of esters is 3. The van der Waals surface area contributed by atoms with Gasteiger partial charge in [-0.3, -0.25) is 0 Å². The first kappa shape index (κ1) is 26.1. The van der Waals surface area contributed by atoms with Crippen LogP contribution in [0.4, 0.5) is 4.39 Å². The molecule has 0 saturated heterocycles. The van der Waals surface area contributed by atoms with Gasteiger partial charge < -0.3 is 18.9 Å². The first-order valence-corrected chi connectivity index (χ1v) is 10.1. The molecule has 0 saturated carbocycles. The number of hydrogen-bond acceptors (Lipinski definition) is 7. The lowest BCUT2D eigenvalue weighted by Gasteiger charge is -2.14. The Bertz CT molecular complexity index is 1160. The van der Waals surface area contributed by atoms with E-state index in [9.17, 15) is 18.8 Å². The van der Waals surface area contributed by atoms with E-state index in [4.69, 9.17) is 18.9 Å². The van der Waals surface area contributed by atoms with Gasteiger partial charge in [0.05, 0.1) is 0 Å². The molecule has 0 aromatic heterocycles. The second-order valence-electron chi connectivity index (χ2n) is 7.41. The van der Waals surface area contributed by atoms with E-state index in [1.54, 1.807) is 12.1 Å². The molecule has 0 unspecified atom stereocenters. The minimum absolute atomic E-state index is 0.0375. The third-order valence-electron chi connectivity index (χ3n) is 4.23. The van der Waals surface area contributed by atoms with Crippen LogP contribution in [-0.4, -0.2) is 31.1 Å². The molecule has 0 aliphatic heterocycles. The van der Waals surface area contributed by atoms with Gasteiger partial charge in [-0.15, -0.1) is 0 Å². The zero-order valence-electron chi connectivity index (χ0n) is 19.2. The van der Waals surface area contributed by atoms with Gasteiger partial charge in [0.1, 0.15) is 13.2 Å². The average molecular weight is 468 g/mol. The second kappa shape index (κ2) is 11.6. The topological polar surface area (TPSA) is 88.1 Å². The van der Waals surface area contributed by atoms with Crippen LogP contribution in [0, 0.1) is 5.82 Å². The van der Waals surface area contributed by atoms with Gasteiger partial charge in [-0.2, -0.15) is 0 Å². The van der Waals surface area contributed by atoms with Crippen LogP contribution in [-0.2, 0) is 19.1 Å². The van der Waals surface area contributed by atoms with Crippen LogP contribution in [0.1, 0.15) is 20.8 Å². The Hall–Kier alpha value is -4.20. The fourth-order valence-corrected chi connectivity index (χ4v) is 2.43. The van der Waals surface area contributed by atoms with E-state index < -0.39 is 23.7 Å². The lowest BCUT2D eigenvalue weighted by Crippen LogP contribution is -2.14. The van der Waals surface area contributed by atoms with E-state index in [0.717, 1.165) is 0 Å². The maximum absolute atomic E-state index is 14.5. The number of rotatable bonds is 10. The normalized spacial score (nSPS) is 10.1. The quantitative estimate of drug-likeness (QED) is 0.211. The Morgan fingerprint density at radius 2 is 1.21 bits per heavy atom. The molecule has 0 amide bonds. The molecule has 0 radical (unpaired) electrons. The van der Waals surface area contributed by atoms with Crippen LogP contribution < -0.4 is 14.2 Å². The molecule has 178 valence electrons. The predicted octanol–water partition coefficient (Wildman–Crippen LogP) is 4.95.